The molecular formula is C14H10N2O4. The van der Waals surface area contributed by atoms with Crippen LogP contribution in [0.25, 0.3) is 10.9 Å². The van der Waals surface area contributed by atoms with Crippen LogP contribution in [0.3, 0.4) is 0 Å². The lowest BCUT2D eigenvalue weighted by Gasteiger charge is -2.03. The molecule has 3 rings (SSSR count). The van der Waals surface area contributed by atoms with Gasteiger partial charge in [-0.15, -0.1) is 0 Å². The third-order valence-electron chi connectivity index (χ3n) is 2.72. The van der Waals surface area contributed by atoms with Gasteiger partial charge in [0.15, 0.2) is 0 Å². The summed E-state index contributed by atoms with van der Waals surface area (Å²) in [5.74, 6) is -0.215. The maximum Gasteiger partial charge on any atom is 0.374 e. The number of carbonyl (C=O) groups excluding carboxylic acids is 1. The van der Waals surface area contributed by atoms with Crippen LogP contribution in [0.2, 0.25) is 0 Å². The lowest BCUT2D eigenvalue weighted by atomic mass is 10.2. The third-order valence-corrected chi connectivity index (χ3v) is 2.72. The minimum absolute atomic E-state index is 0.105. The second-order valence-electron chi connectivity index (χ2n) is 4.08. The number of nitrogens with zero attached hydrogens (tertiary/aromatic N) is 1. The first-order valence-electron chi connectivity index (χ1n) is 5.92. The van der Waals surface area contributed by atoms with E-state index in [-0.39, 0.29) is 23.8 Å². The van der Waals surface area contributed by atoms with Gasteiger partial charge in [-0.2, -0.15) is 0 Å². The standard InChI is InChI=1S/C14H10N2O4/c17-13-9-4-1-2-5-10(9)15-12(16-13)8-20-14(18)11-6-3-7-19-11/h1-7H,8H2,(H,15,16,17). The molecule has 6 heteroatoms. The summed E-state index contributed by atoms with van der Waals surface area (Å²) in [6.07, 6.45) is 1.38. The van der Waals surface area contributed by atoms with Gasteiger partial charge in [0, 0.05) is 0 Å². The first-order valence-corrected chi connectivity index (χ1v) is 5.92. The van der Waals surface area contributed by atoms with Crippen molar-refractivity contribution in [3.63, 3.8) is 0 Å². The zero-order valence-electron chi connectivity index (χ0n) is 10.3. The van der Waals surface area contributed by atoms with E-state index in [0.717, 1.165) is 0 Å². The minimum Gasteiger partial charge on any atom is -0.457 e. The molecule has 0 saturated heterocycles. The molecule has 0 atom stereocenters. The molecule has 1 N–H and O–H groups in total. The maximum absolute atomic E-state index is 11.8. The number of esters is 1. The van der Waals surface area contributed by atoms with Crippen LogP contribution in [0, 0.1) is 0 Å². The number of hydrogen-bond acceptors (Lipinski definition) is 5. The Morgan fingerprint density at radius 2 is 2.10 bits per heavy atom. The molecule has 2 heterocycles. The Labute approximate surface area is 113 Å². The van der Waals surface area contributed by atoms with E-state index in [1.807, 2.05) is 0 Å². The summed E-state index contributed by atoms with van der Waals surface area (Å²) in [5, 5.41) is 0.494. The van der Waals surface area contributed by atoms with Crippen molar-refractivity contribution in [3.05, 3.63) is 64.6 Å². The van der Waals surface area contributed by atoms with Crippen molar-refractivity contribution < 1.29 is 13.9 Å². The summed E-state index contributed by atoms with van der Waals surface area (Å²) < 4.78 is 9.92. The molecule has 100 valence electrons. The highest BCUT2D eigenvalue weighted by molar-refractivity contribution is 5.86. The number of H-pyrrole nitrogens is 1. The molecular weight excluding hydrogens is 260 g/mol. The summed E-state index contributed by atoms with van der Waals surface area (Å²) in [7, 11) is 0. The van der Waals surface area contributed by atoms with Gasteiger partial charge in [0.1, 0.15) is 12.4 Å². The quantitative estimate of drug-likeness (QED) is 0.734. The Kier molecular flexibility index (Phi) is 3.04. The van der Waals surface area contributed by atoms with Crippen LogP contribution in [0.5, 0.6) is 0 Å². The molecule has 0 aliphatic carbocycles. The fourth-order valence-electron chi connectivity index (χ4n) is 1.80. The van der Waals surface area contributed by atoms with Gasteiger partial charge in [0.05, 0.1) is 17.2 Å². The predicted molar refractivity (Wildman–Crippen MR) is 70.2 cm³/mol. The van der Waals surface area contributed by atoms with Gasteiger partial charge in [-0.25, -0.2) is 9.78 Å². The second-order valence-corrected chi connectivity index (χ2v) is 4.08. The average molecular weight is 270 g/mol. The van der Waals surface area contributed by atoms with Gasteiger partial charge in [-0.05, 0) is 24.3 Å². The zero-order chi connectivity index (χ0) is 13.9. The topological polar surface area (TPSA) is 85.2 Å². The van der Waals surface area contributed by atoms with Gasteiger partial charge in [0.2, 0.25) is 5.76 Å². The highest BCUT2D eigenvalue weighted by Crippen LogP contribution is 2.07. The number of nitrogens with one attached hydrogen (secondary N) is 1. The van der Waals surface area contributed by atoms with E-state index >= 15 is 0 Å². The van der Waals surface area contributed by atoms with Crippen molar-refractivity contribution in [1.29, 1.82) is 0 Å². The van der Waals surface area contributed by atoms with E-state index < -0.39 is 5.97 Å². The number of ether oxygens (including phenoxy) is 1. The van der Waals surface area contributed by atoms with Gasteiger partial charge < -0.3 is 14.1 Å². The van der Waals surface area contributed by atoms with Crippen LogP contribution < -0.4 is 5.56 Å². The van der Waals surface area contributed by atoms with Crippen LogP contribution in [-0.4, -0.2) is 15.9 Å². The number of carbonyl (C=O) groups is 1. The molecule has 0 bridgehead atoms. The molecule has 0 unspecified atom stereocenters. The Morgan fingerprint density at radius 1 is 1.25 bits per heavy atom. The summed E-state index contributed by atoms with van der Waals surface area (Å²) in [6, 6.07) is 10.0. The van der Waals surface area contributed by atoms with Crippen LogP contribution in [0.4, 0.5) is 0 Å². The van der Waals surface area contributed by atoms with E-state index in [1.54, 1.807) is 30.3 Å². The predicted octanol–water partition coefficient (Wildman–Crippen LogP) is 1.87. The fraction of sp³-hybridized carbons (Fsp3) is 0.0714. The van der Waals surface area contributed by atoms with Crippen molar-refractivity contribution >= 4 is 16.9 Å². The van der Waals surface area contributed by atoms with Crippen LogP contribution in [0.1, 0.15) is 16.4 Å². The van der Waals surface area contributed by atoms with Crippen molar-refractivity contribution in [2.45, 2.75) is 6.61 Å². The highest BCUT2D eigenvalue weighted by Gasteiger charge is 2.11. The largest absolute Gasteiger partial charge is 0.457 e. The van der Waals surface area contributed by atoms with Crippen LogP contribution in [0.15, 0.2) is 51.9 Å². The van der Waals surface area contributed by atoms with Gasteiger partial charge in [-0.3, -0.25) is 4.79 Å². The molecule has 1 aromatic carbocycles. The Hall–Kier alpha value is -2.89. The molecule has 0 saturated carbocycles. The van der Waals surface area contributed by atoms with Gasteiger partial charge in [0.25, 0.3) is 5.56 Å². The number of para-hydroxylation sites is 1. The molecule has 3 aromatic rings. The summed E-state index contributed by atoms with van der Waals surface area (Å²) in [6.45, 7) is -0.125. The van der Waals surface area contributed by atoms with Gasteiger partial charge in [-0.1, -0.05) is 12.1 Å². The van der Waals surface area contributed by atoms with Crippen molar-refractivity contribution in [3.8, 4) is 0 Å². The van der Waals surface area contributed by atoms with Crippen molar-refractivity contribution in [2.75, 3.05) is 0 Å². The Bertz CT molecular complexity index is 805. The number of fused-ring (bicyclic) bond motifs is 1. The second kappa shape index (κ2) is 5.00. The number of benzene rings is 1. The number of aromatic amines is 1. The monoisotopic (exact) mass is 270 g/mol. The average Bonchev–Trinajstić information content (AvgIpc) is 2.99. The Morgan fingerprint density at radius 3 is 2.90 bits per heavy atom. The molecule has 0 fully saturated rings. The summed E-state index contributed by atoms with van der Waals surface area (Å²) >= 11 is 0. The van der Waals surface area contributed by atoms with E-state index in [2.05, 4.69) is 9.97 Å². The fourth-order valence-corrected chi connectivity index (χ4v) is 1.80. The van der Waals surface area contributed by atoms with Crippen molar-refractivity contribution in [1.82, 2.24) is 9.97 Å². The SMILES string of the molecule is O=C(OCc1nc2ccccc2c(=O)[nH]1)c1ccco1. The summed E-state index contributed by atoms with van der Waals surface area (Å²) in [4.78, 5) is 30.2. The number of furan rings is 1. The van der Waals surface area contributed by atoms with E-state index in [4.69, 9.17) is 9.15 Å². The maximum atomic E-state index is 11.8. The number of rotatable bonds is 3. The normalized spacial score (nSPS) is 10.6. The first kappa shape index (κ1) is 12.2. The Balaban J connectivity index is 1.81. The number of hydrogen-bond donors (Lipinski definition) is 1. The third kappa shape index (κ3) is 2.31. The molecule has 0 spiro atoms. The summed E-state index contributed by atoms with van der Waals surface area (Å²) in [5.41, 5.74) is 0.292. The molecule has 0 aliphatic rings. The smallest absolute Gasteiger partial charge is 0.374 e. The molecule has 0 aliphatic heterocycles. The lowest BCUT2D eigenvalue weighted by molar-refractivity contribution is 0.0426. The number of aromatic nitrogens is 2. The van der Waals surface area contributed by atoms with E-state index in [9.17, 15) is 9.59 Å². The molecule has 20 heavy (non-hydrogen) atoms. The lowest BCUT2D eigenvalue weighted by Crippen LogP contribution is -2.14. The van der Waals surface area contributed by atoms with E-state index in [0.29, 0.717) is 10.9 Å². The minimum atomic E-state index is -0.606. The van der Waals surface area contributed by atoms with Crippen LogP contribution >= 0.6 is 0 Å². The van der Waals surface area contributed by atoms with Crippen molar-refractivity contribution in [2.24, 2.45) is 0 Å². The molecule has 0 amide bonds. The first-order chi connectivity index (χ1) is 9.74. The molecule has 0 radical (unpaired) electrons. The molecule has 2 aromatic heterocycles. The van der Waals surface area contributed by atoms with E-state index in [1.165, 1.54) is 12.3 Å². The van der Waals surface area contributed by atoms with Gasteiger partial charge >= 0.3 is 5.97 Å². The zero-order valence-corrected chi connectivity index (χ0v) is 10.3. The van der Waals surface area contributed by atoms with Crippen LogP contribution in [-0.2, 0) is 11.3 Å². The highest BCUT2D eigenvalue weighted by atomic mass is 16.5. The molecule has 6 nitrogen and oxygen atoms in total.